The van der Waals surface area contributed by atoms with Crippen LogP contribution in [0.15, 0.2) is 65.6 Å². The number of hydrogen-bond donors (Lipinski definition) is 3. The molecule has 6 rings (SSSR count). The van der Waals surface area contributed by atoms with E-state index in [-0.39, 0.29) is 17.8 Å². The molecular formula is C31H33ClFN7O2. The van der Waals surface area contributed by atoms with Gasteiger partial charge in [0.25, 0.3) is 0 Å². The van der Waals surface area contributed by atoms with Crippen molar-refractivity contribution in [1.82, 2.24) is 14.9 Å². The summed E-state index contributed by atoms with van der Waals surface area (Å²) in [5, 5.41) is 9.83. The number of carbonyl (C=O) groups is 1. The lowest BCUT2D eigenvalue weighted by Crippen LogP contribution is -2.41. The second-order valence-electron chi connectivity index (χ2n) is 10.9. The number of likely N-dealkylation sites (tertiary alicyclic amines) is 1. The third-order valence-electron chi connectivity index (χ3n) is 7.89. The Bertz CT molecular complexity index is 1510. The third kappa shape index (κ3) is 6.99. The SMILES string of the molecule is O=C(Nc1cccc(F)c1)N1CCC(CCOc2ccc3cc2CCC2C=NC=C(C2)Nc2ncc(Cl)c(n2)N3)CC1. The number of carbonyl (C=O) groups excluding carboxylic acids is 1. The average Bonchev–Trinajstić information content (AvgIpc) is 2.99. The Morgan fingerprint density at radius 3 is 2.88 bits per heavy atom. The van der Waals surface area contributed by atoms with Crippen LogP contribution >= 0.6 is 11.6 Å². The first-order valence-corrected chi connectivity index (χ1v) is 14.7. The van der Waals surface area contributed by atoms with Gasteiger partial charge in [-0.25, -0.2) is 14.2 Å². The molecule has 0 radical (unpaired) electrons. The summed E-state index contributed by atoms with van der Waals surface area (Å²) in [5.41, 5.74) is 3.43. The molecule has 6 bridgehead atoms. The number of hydrogen-bond acceptors (Lipinski definition) is 7. The normalized spacial score (nSPS) is 18.4. The van der Waals surface area contributed by atoms with E-state index in [2.05, 4.69) is 37.0 Å². The molecule has 42 heavy (non-hydrogen) atoms. The number of aromatic nitrogens is 2. The van der Waals surface area contributed by atoms with Crippen LogP contribution in [0.25, 0.3) is 0 Å². The van der Waals surface area contributed by atoms with Crippen molar-refractivity contribution in [2.45, 2.75) is 38.5 Å². The topological polar surface area (TPSA) is 104 Å². The Labute approximate surface area is 249 Å². The first kappa shape index (κ1) is 28.0. The van der Waals surface area contributed by atoms with Gasteiger partial charge < -0.3 is 25.6 Å². The number of halogens is 2. The van der Waals surface area contributed by atoms with Gasteiger partial charge in [-0.1, -0.05) is 17.7 Å². The van der Waals surface area contributed by atoms with Crippen molar-refractivity contribution in [3.05, 3.63) is 77.0 Å². The van der Waals surface area contributed by atoms with Crippen LogP contribution in [0.1, 0.15) is 37.7 Å². The Morgan fingerprint density at radius 2 is 2.02 bits per heavy atom. The van der Waals surface area contributed by atoms with Gasteiger partial charge >= 0.3 is 6.03 Å². The number of benzene rings is 2. The van der Waals surface area contributed by atoms with Crippen LogP contribution < -0.4 is 20.7 Å². The van der Waals surface area contributed by atoms with E-state index in [0.29, 0.717) is 48.1 Å². The largest absolute Gasteiger partial charge is 0.493 e. The number of aliphatic imine (C=N–C) groups is 1. The predicted molar refractivity (Wildman–Crippen MR) is 163 cm³/mol. The van der Waals surface area contributed by atoms with Gasteiger partial charge in [-0.2, -0.15) is 4.98 Å². The molecule has 1 saturated heterocycles. The zero-order valence-electron chi connectivity index (χ0n) is 23.2. The molecule has 1 atom stereocenters. The minimum absolute atomic E-state index is 0.190. The quantitative estimate of drug-likeness (QED) is 0.296. The van der Waals surface area contributed by atoms with Gasteiger partial charge in [-0.15, -0.1) is 0 Å². The fourth-order valence-electron chi connectivity index (χ4n) is 5.56. The van der Waals surface area contributed by atoms with Crippen molar-refractivity contribution in [3.63, 3.8) is 0 Å². The highest BCUT2D eigenvalue weighted by Crippen LogP contribution is 2.32. The Morgan fingerprint density at radius 1 is 1.14 bits per heavy atom. The van der Waals surface area contributed by atoms with Crippen molar-refractivity contribution >= 4 is 47.0 Å². The molecule has 3 N–H and O–H groups in total. The lowest BCUT2D eigenvalue weighted by Gasteiger charge is -2.32. The van der Waals surface area contributed by atoms with Gasteiger partial charge in [-0.3, -0.25) is 4.99 Å². The summed E-state index contributed by atoms with van der Waals surface area (Å²) >= 11 is 6.40. The van der Waals surface area contributed by atoms with Crippen molar-refractivity contribution in [1.29, 1.82) is 0 Å². The number of urea groups is 1. The highest BCUT2D eigenvalue weighted by Gasteiger charge is 2.23. The summed E-state index contributed by atoms with van der Waals surface area (Å²) < 4.78 is 19.8. The Balaban J connectivity index is 1.06. The van der Waals surface area contributed by atoms with Gasteiger partial charge in [-0.05, 0) is 86.4 Å². The summed E-state index contributed by atoms with van der Waals surface area (Å²) in [4.78, 5) is 27.7. The van der Waals surface area contributed by atoms with E-state index in [4.69, 9.17) is 16.3 Å². The van der Waals surface area contributed by atoms with Crippen LogP contribution in [0.4, 0.5) is 32.3 Å². The zero-order valence-corrected chi connectivity index (χ0v) is 23.9. The molecule has 3 aromatic rings. The predicted octanol–water partition coefficient (Wildman–Crippen LogP) is 7.02. The number of anilines is 4. The molecule has 9 nitrogen and oxygen atoms in total. The maximum absolute atomic E-state index is 13.4. The van der Waals surface area contributed by atoms with Crippen LogP contribution in [-0.2, 0) is 6.42 Å². The summed E-state index contributed by atoms with van der Waals surface area (Å²) in [7, 11) is 0. The van der Waals surface area contributed by atoms with Gasteiger partial charge in [0.05, 0.1) is 12.8 Å². The lowest BCUT2D eigenvalue weighted by molar-refractivity contribution is 0.170. The van der Waals surface area contributed by atoms with Crippen LogP contribution in [0.2, 0.25) is 5.02 Å². The lowest BCUT2D eigenvalue weighted by atomic mass is 9.94. The second-order valence-corrected chi connectivity index (χ2v) is 11.3. The smallest absolute Gasteiger partial charge is 0.321 e. The number of fused-ring (bicyclic) bond motifs is 6. The highest BCUT2D eigenvalue weighted by molar-refractivity contribution is 6.32. The Hall–Kier alpha value is -4.18. The van der Waals surface area contributed by atoms with E-state index in [1.165, 1.54) is 12.1 Å². The summed E-state index contributed by atoms with van der Waals surface area (Å²) in [5.74, 6) is 2.27. The average molecular weight is 590 g/mol. The number of allylic oxidation sites excluding steroid dienone is 1. The van der Waals surface area contributed by atoms with E-state index >= 15 is 0 Å². The molecule has 2 amide bonds. The Kier molecular flexibility index (Phi) is 8.50. The molecule has 4 heterocycles. The van der Waals surface area contributed by atoms with Crippen LogP contribution in [0.5, 0.6) is 5.75 Å². The molecule has 3 aliphatic heterocycles. The molecule has 1 unspecified atom stereocenters. The molecule has 0 saturated carbocycles. The van der Waals surface area contributed by atoms with Crippen LogP contribution in [-0.4, -0.2) is 46.8 Å². The van der Waals surface area contributed by atoms with Crippen molar-refractivity contribution in [3.8, 4) is 5.75 Å². The molecule has 0 aliphatic carbocycles. The van der Waals surface area contributed by atoms with Gasteiger partial charge in [0, 0.05) is 48.5 Å². The van der Waals surface area contributed by atoms with Crippen molar-refractivity contribution < 1.29 is 13.9 Å². The van der Waals surface area contributed by atoms with Gasteiger partial charge in [0.15, 0.2) is 5.82 Å². The number of aryl methyl sites for hydroxylation is 1. The number of ether oxygens (including phenoxy) is 1. The van der Waals surface area contributed by atoms with Gasteiger partial charge in [0.1, 0.15) is 16.6 Å². The maximum Gasteiger partial charge on any atom is 0.321 e. The standard InChI is InChI=1S/C31H33ClFN7O2/c32-27-19-35-30-37-26-14-21(17-34-18-26)4-5-22-15-25(36-29(27)39-30)6-7-28(22)42-13-10-20-8-11-40(12-9-20)31(41)38-24-3-1-2-23(33)16-24/h1-3,6-7,15-21H,4-5,8-14H2,(H,38,41)(H2,35,36,37,39). The third-order valence-corrected chi connectivity index (χ3v) is 8.17. The summed E-state index contributed by atoms with van der Waals surface area (Å²) in [6, 6.07) is 11.8. The monoisotopic (exact) mass is 589 g/mol. The van der Waals surface area contributed by atoms with E-state index in [9.17, 15) is 9.18 Å². The highest BCUT2D eigenvalue weighted by atomic mass is 35.5. The number of nitrogens with one attached hydrogen (secondary N) is 3. The molecular weight excluding hydrogens is 557 g/mol. The maximum atomic E-state index is 13.4. The van der Waals surface area contributed by atoms with E-state index in [0.717, 1.165) is 61.2 Å². The molecule has 3 aliphatic rings. The zero-order chi connectivity index (χ0) is 28.9. The number of piperidine rings is 1. The minimum Gasteiger partial charge on any atom is -0.493 e. The molecule has 0 spiro atoms. The fraction of sp³-hybridized carbons (Fsp3) is 0.355. The first-order chi connectivity index (χ1) is 20.5. The molecule has 1 aromatic heterocycles. The molecule has 1 fully saturated rings. The molecule has 218 valence electrons. The van der Waals surface area contributed by atoms with E-state index in [1.807, 2.05) is 24.5 Å². The molecule has 11 heteroatoms. The first-order valence-electron chi connectivity index (χ1n) is 14.3. The van der Waals surface area contributed by atoms with Gasteiger partial charge in [0.2, 0.25) is 5.95 Å². The summed E-state index contributed by atoms with van der Waals surface area (Å²) in [6.45, 7) is 1.93. The van der Waals surface area contributed by atoms with Crippen molar-refractivity contribution in [2.75, 3.05) is 35.6 Å². The minimum atomic E-state index is -0.370. The van der Waals surface area contributed by atoms with E-state index in [1.54, 1.807) is 23.2 Å². The second kappa shape index (κ2) is 12.8. The summed E-state index contributed by atoms with van der Waals surface area (Å²) in [6.07, 6.45) is 10.7. The molecule has 2 aromatic carbocycles. The van der Waals surface area contributed by atoms with Crippen LogP contribution in [0, 0.1) is 17.7 Å². The van der Waals surface area contributed by atoms with Crippen molar-refractivity contribution in [2.24, 2.45) is 16.8 Å². The number of rotatable bonds is 5. The number of nitrogens with zero attached hydrogens (tertiary/aromatic N) is 4. The fourth-order valence-corrected chi connectivity index (χ4v) is 5.70. The van der Waals surface area contributed by atoms with Crippen LogP contribution in [0.3, 0.4) is 0 Å². The van der Waals surface area contributed by atoms with E-state index < -0.39 is 0 Å². The number of amides is 2.